The molecule has 3 nitrogen and oxygen atoms in total. The van der Waals surface area contributed by atoms with Crippen LogP contribution in [0.2, 0.25) is 0 Å². The molecule has 0 saturated heterocycles. The Bertz CT molecular complexity index is 396. The van der Waals surface area contributed by atoms with Gasteiger partial charge in [0, 0.05) is 12.1 Å². The van der Waals surface area contributed by atoms with Crippen molar-refractivity contribution in [1.29, 1.82) is 0 Å². The standard InChI is InChI=1S/C15H24N2O/c1-15(2,16)7-8-17-11-12-5-6-14-13(10-12)4-3-9-18-14/h5-6,10,17H,3-4,7-9,11,16H2,1-2H3. The monoisotopic (exact) mass is 248 g/mol. The normalized spacial score (nSPS) is 15.1. The van der Waals surface area contributed by atoms with Gasteiger partial charge >= 0.3 is 0 Å². The largest absolute Gasteiger partial charge is 0.493 e. The van der Waals surface area contributed by atoms with E-state index in [1.54, 1.807) is 0 Å². The number of hydrogen-bond donors (Lipinski definition) is 2. The van der Waals surface area contributed by atoms with Crippen molar-refractivity contribution in [1.82, 2.24) is 5.32 Å². The summed E-state index contributed by atoms with van der Waals surface area (Å²) in [7, 11) is 0. The predicted octanol–water partition coefficient (Wildman–Crippen LogP) is 2.23. The number of benzene rings is 1. The Labute approximate surface area is 110 Å². The molecule has 0 saturated carbocycles. The molecule has 3 N–H and O–H groups in total. The van der Waals surface area contributed by atoms with E-state index >= 15 is 0 Å². The van der Waals surface area contributed by atoms with Gasteiger partial charge < -0.3 is 15.8 Å². The molecule has 0 amide bonds. The molecule has 1 aromatic rings. The van der Waals surface area contributed by atoms with Crippen molar-refractivity contribution in [2.24, 2.45) is 5.73 Å². The third-order valence-corrected chi connectivity index (χ3v) is 3.25. The Kier molecular flexibility index (Phi) is 4.25. The molecular formula is C15H24N2O. The predicted molar refractivity (Wildman–Crippen MR) is 74.8 cm³/mol. The van der Waals surface area contributed by atoms with Crippen LogP contribution in [0.15, 0.2) is 18.2 Å². The second-order valence-corrected chi connectivity index (χ2v) is 5.81. The zero-order valence-electron chi connectivity index (χ0n) is 11.5. The van der Waals surface area contributed by atoms with Gasteiger partial charge in [-0.1, -0.05) is 12.1 Å². The summed E-state index contributed by atoms with van der Waals surface area (Å²) in [6.07, 6.45) is 3.26. The molecule has 0 aromatic heterocycles. The van der Waals surface area contributed by atoms with Crippen LogP contribution in [0.25, 0.3) is 0 Å². The highest BCUT2D eigenvalue weighted by Crippen LogP contribution is 2.25. The Morgan fingerprint density at radius 3 is 3.00 bits per heavy atom. The summed E-state index contributed by atoms with van der Waals surface area (Å²) < 4.78 is 5.61. The zero-order valence-corrected chi connectivity index (χ0v) is 11.5. The van der Waals surface area contributed by atoms with E-state index < -0.39 is 0 Å². The van der Waals surface area contributed by atoms with Gasteiger partial charge in [0.05, 0.1) is 6.61 Å². The van der Waals surface area contributed by atoms with Crippen LogP contribution in [0, 0.1) is 0 Å². The highest BCUT2D eigenvalue weighted by Gasteiger charge is 2.11. The number of nitrogens with two attached hydrogens (primary N) is 1. The van der Waals surface area contributed by atoms with E-state index in [-0.39, 0.29) is 5.54 Å². The molecule has 0 bridgehead atoms. The van der Waals surface area contributed by atoms with E-state index in [0.29, 0.717) is 0 Å². The van der Waals surface area contributed by atoms with Crippen LogP contribution in [0.4, 0.5) is 0 Å². The molecule has 0 aliphatic carbocycles. The van der Waals surface area contributed by atoms with Crippen LogP contribution < -0.4 is 15.8 Å². The summed E-state index contributed by atoms with van der Waals surface area (Å²) in [6, 6.07) is 6.50. The molecule has 0 spiro atoms. The van der Waals surface area contributed by atoms with Gasteiger partial charge in [0.25, 0.3) is 0 Å². The van der Waals surface area contributed by atoms with E-state index in [1.165, 1.54) is 11.1 Å². The van der Waals surface area contributed by atoms with Gasteiger partial charge in [-0.05, 0) is 56.8 Å². The Balaban J connectivity index is 1.83. The lowest BCUT2D eigenvalue weighted by Crippen LogP contribution is -2.35. The van der Waals surface area contributed by atoms with Gasteiger partial charge in [-0.2, -0.15) is 0 Å². The lowest BCUT2D eigenvalue weighted by Gasteiger charge is -2.19. The average Bonchev–Trinajstić information content (AvgIpc) is 2.33. The van der Waals surface area contributed by atoms with Crippen LogP contribution >= 0.6 is 0 Å². The van der Waals surface area contributed by atoms with Crippen LogP contribution in [0.1, 0.15) is 37.8 Å². The smallest absolute Gasteiger partial charge is 0.122 e. The topological polar surface area (TPSA) is 47.3 Å². The summed E-state index contributed by atoms with van der Waals surface area (Å²) >= 11 is 0. The molecule has 100 valence electrons. The van der Waals surface area contributed by atoms with Gasteiger partial charge in [0.1, 0.15) is 5.75 Å². The summed E-state index contributed by atoms with van der Waals surface area (Å²) in [5.74, 6) is 1.06. The van der Waals surface area contributed by atoms with E-state index in [4.69, 9.17) is 10.5 Å². The summed E-state index contributed by atoms with van der Waals surface area (Å²) in [4.78, 5) is 0. The summed E-state index contributed by atoms with van der Waals surface area (Å²) in [5, 5.41) is 3.44. The minimum Gasteiger partial charge on any atom is -0.493 e. The maximum absolute atomic E-state index is 5.95. The first-order valence-electron chi connectivity index (χ1n) is 6.79. The highest BCUT2D eigenvalue weighted by molar-refractivity contribution is 5.38. The molecule has 0 radical (unpaired) electrons. The SMILES string of the molecule is CC(C)(N)CCNCc1ccc2c(c1)CCCO2. The second-order valence-electron chi connectivity index (χ2n) is 5.81. The van der Waals surface area contributed by atoms with E-state index in [2.05, 4.69) is 37.4 Å². The van der Waals surface area contributed by atoms with Crippen LogP contribution in [-0.2, 0) is 13.0 Å². The number of aryl methyl sites for hydroxylation is 1. The molecule has 0 unspecified atom stereocenters. The molecule has 1 aliphatic rings. The summed E-state index contributed by atoms with van der Waals surface area (Å²) in [6.45, 7) is 6.84. The number of hydrogen-bond acceptors (Lipinski definition) is 3. The quantitative estimate of drug-likeness (QED) is 0.786. The van der Waals surface area contributed by atoms with E-state index in [1.807, 2.05) is 0 Å². The van der Waals surface area contributed by atoms with Gasteiger partial charge in [0.2, 0.25) is 0 Å². The minimum absolute atomic E-state index is 0.0866. The van der Waals surface area contributed by atoms with Gasteiger partial charge in [-0.25, -0.2) is 0 Å². The number of nitrogens with one attached hydrogen (secondary N) is 1. The van der Waals surface area contributed by atoms with E-state index in [0.717, 1.165) is 44.7 Å². The molecule has 18 heavy (non-hydrogen) atoms. The maximum Gasteiger partial charge on any atom is 0.122 e. The fraction of sp³-hybridized carbons (Fsp3) is 0.600. The molecule has 0 fully saturated rings. The number of ether oxygens (including phenoxy) is 1. The van der Waals surface area contributed by atoms with Gasteiger partial charge in [0.15, 0.2) is 0 Å². The third-order valence-electron chi connectivity index (χ3n) is 3.25. The number of rotatable bonds is 5. The first-order valence-corrected chi connectivity index (χ1v) is 6.79. The zero-order chi connectivity index (χ0) is 13.0. The van der Waals surface area contributed by atoms with Crippen molar-refractivity contribution in [3.63, 3.8) is 0 Å². The molecule has 2 rings (SSSR count). The van der Waals surface area contributed by atoms with Gasteiger partial charge in [-0.15, -0.1) is 0 Å². The minimum atomic E-state index is -0.0866. The van der Waals surface area contributed by atoms with Crippen LogP contribution in [-0.4, -0.2) is 18.7 Å². The molecule has 0 atom stereocenters. The molecule has 1 heterocycles. The first kappa shape index (κ1) is 13.4. The van der Waals surface area contributed by atoms with Crippen molar-refractivity contribution in [2.75, 3.05) is 13.2 Å². The number of fused-ring (bicyclic) bond motifs is 1. The Morgan fingerprint density at radius 1 is 1.39 bits per heavy atom. The lowest BCUT2D eigenvalue weighted by atomic mass is 10.0. The lowest BCUT2D eigenvalue weighted by molar-refractivity contribution is 0.288. The van der Waals surface area contributed by atoms with Crippen molar-refractivity contribution in [2.45, 2.75) is 45.2 Å². The van der Waals surface area contributed by atoms with Gasteiger partial charge in [-0.3, -0.25) is 0 Å². The third kappa shape index (κ3) is 4.00. The van der Waals surface area contributed by atoms with Crippen molar-refractivity contribution in [3.8, 4) is 5.75 Å². The first-order chi connectivity index (χ1) is 8.54. The molecule has 1 aliphatic heterocycles. The van der Waals surface area contributed by atoms with Crippen molar-refractivity contribution in [3.05, 3.63) is 29.3 Å². The average molecular weight is 248 g/mol. The van der Waals surface area contributed by atoms with Crippen LogP contribution in [0.5, 0.6) is 5.75 Å². The van der Waals surface area contributed by atoms with Crippen LogP contribution in [0.3, 0.4) is 0 Å². The Morgan fingerprint density at radius 2 is 2.22 bits per heavy atom. The summed E-state index contributed by atoms with van der Waals surface area (Å²) in [5.41, 5.74) is 8.54. The highest BCUT2D eigenvalue weighted by atomic mass is 16.5. The second kappa shape index (κ2) is 5.72. The molecule has 1 aromatic carbocycles. The van der Waals surface area contributed by atoms with Crippen molar-refractivity contribution < 1.29 is 4.74 Å². The fourth-order valence-electron chi connectivity index (χ4n) is 2.17. The Hall–Kier alpha value is -1.06. The molecule has 3 heteroatoms. The molecular weight excluding hydrogens is 224 g/mol. The van der Waals surface area contributed by atoms with E-state index in [9.17, 15) is 0 Å². The fourth-order valence-corrected chi connectivity index (χ4v) is 2.17. The maximum atomic E-state index is 5.95. The van der Waals surface area contributed by atoms with Crippen molar-refractivity contribution >= 4 is 0 Å².